The lowest BCUT2D eigenvalue weighted by Gasteiger charge is -2.08. The lowest BCUT2D eigenvalue weighted by atomic mass is 10.1. The number of amides is 1. The van der Waals surface area contributed by atoms with Crippen LogP contribution in [0.4, 0.5) is 17.1 Å². The summed E-state index contributed by atoms with van der Waals surface area (Å²) in [4.78, 5) is 22.5. The molecular weight excluding hydrogens is 296 g/mol. The van der Waals surface area contributed by atoms with Gasteiger partial charge in [0.2, 0.25) is 0 Å². The van der Waals surface area contributed by atoms with E-state index in [4.69, 9.17) is 17.4 Å². The first-order valence-electron chi connectivity index (χ1n) is 5.83. The van der Waals surface area contributed by atoms with Crippen LogP contribution in [0.2, 0.25) is 5.02 Å². The Balaban J connectivity index is 2.35. The molecule has 2 aromatic rings. The molecule has 0 fully saturated rings. The summed E-state index contributed by atoms with van der Waals surface area (Å²) >= 11 is 5.82. The summed E-state index contributed by atoms with van der Waals surface area (Å²) in [5.74, 6) is 4.62. The van der Waals surface area contributed by atoms with Crippen molar-refractivity contribution in [3.63, 3.8) is 0 Å². The Morgan fingerprint density at radius 2 is 1.95 bits per heavy atom. The predicted molar refractivity (Wildman–Crippen MR) is 80.3 cm³/mol. The van der Waals surface area contributed by atoms with Crippen LogP contribution in [0.25, 0.3) is 0 Å². The first-order valence-corrected chi connectivity index (χ1v) is 6.21. The highest BCUT2D eigenvalue weighted by Gasteiger charge is 2.20. The number of hydrogen-bond acceptors (Lipinski definition) is 5. The fourth-order valence-corrected chi connectivity index (χ4v) is 1.92. The Morgan fingerprint density at radius 1 is 1.19 bits per heavy atom. The molecule has 8 heteroatoms. The molecule has 0 aromatic heterocycles. The van der Waals surface area contributed by atoms with Crippen LogP contribution in [0, 0.1) is 10.1 Å². The summed E-state index contributed by atoms with van der Waals surface area (Å²) in [5, 5.41) is 14.0. The van der Waals surface area contributed by atoms with Crippen molar-refractivity contribution < 1.29 is 9.72 Å². The predicted octanol–water partition coefficient (Wildman–Crippen LogP) is 2.79. The van der Waals surface area contributed by atoms with Gasteiger partial charge < -0.3 is 10.7 Å². The topological polar surface area (TPSA) is 110 Å². The number of anilines is 2. The van der Waals surface area contributed by atoms with Gasteiger partial charge in [-0.2, -0.15) is 0 Å². The van der Waals surface area contributed by atoms with Crippen molar-refractivity contribution in [3.05, 3.63) is 63.2 Å². The van der Waals surface area contributed by atoms with Crippen LogP contribution in [0.1, 0.15) is 10.4 Å². The molecule has 0 saturated carbocycles. The Morgan fingerprint density at radius 3 is 2.57 bits per heavy atom. The van der Waals surface area contributed by atoms with Gasteiger partial charge in [0, 0.05) is 22.5 Å². The highest BCUT2D eigenvalue weighted by molar-refractivity contribution is 6.31. The number of nitro benzene ring substituents is 1. The smallest absolute Gasteiger partial charge is 0.282 e. The maximum Gasteiger partial charge on any atom is 0.282 e. The summed E-state index contributed by atoms with van der Waals surface area (Å²) in [5.41, 5.74) is 2.75. The van der Waals surface area contributed by atoms with E-state index in [0.717, 1.165) is 0 Å². The second-order valence-corrected chi connectivity index (χ2v) is 4.53. The molecule has 2 rings (SSSR count). The standard InChI is InChI=1S/C13H11ClN4O3/c14-8-2-1-3-9(6-8)16-13(19)11-7-10(17-15)4-5-12(11)18(20)21/h1-7,17H,15H2,(H,16,19). The fourth-order valence-electron chi connectivity index (χ4n) is 1.73. The van der Waals surface area contributed by atoms with Gasteiger partial charge in [0.1, 0.15) is 5.56 Å². The van der Waals surface area contributed by atoms with Crippen LogP contribution in [-0.2, 0) is 0 Å². The molecule has 0 unspecified atom stereocenters. The second kappa shape index (κ2) is 6.21. The molecule has 0 saturated heterocycles. The summed E-state index contributed by atoms with van der Waals surface area (Å²) in [6, 6.07) is 10.4. The third-order valence-electron chi connectivity index (χ3n) is 2.69. The SMILES string of the molecule is NNc1ccc([N+](=O)[O-])c(C(=O)Nc2cccc(Cl)c2)c1. The third kappa shape index (κ3) is 3.47. The van der Waals surface area contributed by atoms with Crippen molar-refractivity contribution in [2.24, 2.45) is 5.84 Å². The number of nitro groups is 1. The van der Waals surface area contributed by atoms with Gasteiger partial charge in [-0.3, -0.25) is 20.8 Å². The van der Waals surface area contributed by atoms with Crippen molar-refractivity contribution in [3.8, 4) is 0 Å². The molecule has 108 valence electrons. The Bertz CT molecular complexity index is 706. The molecule has 0 aliphatic rings. The molecule has 0 radical (unpaired) electrons. The number of carbonyl (C=O) groups excluding carboxylic acids is 1. The number of nitrogens with one attached hydrogen (secondary N) is 2. The summed E-state index contributed by atoms with van der Waals surface area (Å²) < 4.78 is 0. The molecule has 2 aromatic carbocycles. The molecule has 0 heterocycles. The number of nitrogen functional groups attached to an aromatic ring is 1. The molecule has 21 heavy (non-hydrogen) atoms. The van der Waals surface area contributed by atoms with E-state index < -0.39 is 10.8 Å². The minimum absolute atomic E-state index is 0.101. The molecular formula is C13H11ClN4O3. The zero-order valence-electron chi connectivity index (χ0n) is 10.7. The van der Waals surface area contributed by atoms with E-state index >= 15 is 0 Å². The number of nitrogens with zero attached hydrogens (tertiary/aromatic N) is 1. The molecule has 0 aliphatic heterocycles. The zero-order valence-corrected chi connectivity index (χ0v) is 11.4. The van der Waals surface area contributed by atoms with Gasteiger partial charge in [0.05, 0.1) is 4.92 Å². The van der Waals surface area contributed by atoms with E-state index in [1.165, 1.54) is 24.3 Å². The van der Waals surface area contributed by atoms with Crippen molar-refractivity contribution >= 4 is 34.6 Å². The molecule has 0 aliphatic carbocycles. The van der Waals surface area contributed by atoms with Crippen molar-refractivity contribution in [1.29, 1.82) is 0 Å². The normalized spacial score (nSPS) is 10.0. The average Bonchev–Trinajstić information content (AvgIpc) is 2.46. The lowest BCUT2D eigenvalue weighted by molar-refractivity contribution is -0.385. The number of benzene rings is 2. The molecule has 0 spiro atoms. The van der Waals surface area contributed by atoms with Gasteiger partial charge in [-0.05, 0) is 30.3 Å². The first-order chi connectivity index (χ1) is 10.0. The van der Waals surface area contributed by atoms with E-state index in [1.54, 1.807) is 18.2 Å². The number of rotatable bonds is 4. The quantitative estimate of drug-likeness (QED) is 0.457. The molecule has 4 N–H and O–H groups in total. The van der Waals surface area contributed by atoms with Crippen molar-refractivity contribution in [1.82, 2.24) is 0 Å². The van der Waals surface area contributed by atoms with Crippen LogP contribution >= 0.6 is 11.6 Å². The maximum atomic E-state index is 12.2. The Hall–Kier alpha value is -2.64. The van der Waals surface area contributed by atoms with Crippen LogP contribution in [0.5, 0.6) is 0 Å². The number of carbonyl (C=O) groups is 1. The van der Waals surface area contributed by atoms with Crippen LogP contribution in [0.3, 0.4) is 0 Å². The summed E-state index contributed by atoms with van der Waals surface area (Å²) in [6.07, 6.45) is 0. The van der Waals surface area contributed by atoms with Gasteiger partial charge in [-0.25, -0.2) is 0 Å². The zero-order chi connectivity index (χ0) is 15.4. The molecule has 7 nitrogen and oxygen atoms in total. The molecule has 0 atom stereocenters. The Labute approximate surface area is 124 Å². The van der Waals surface area contributed by atoms with Crippen LogP contribution in [-0.4, -0.2) is 10.8 Å². The monoisotopic (exact) mass is 306 g/mol. The fraction of sp³-hybridized carbons (Fsp3) is 0. The van der Waals surface area contributed by atoms with Crippen LogP contribution < -0.4 is 16.6 Å². The minimum Gasteiger partial charge on any atom is -0.324 e. The van der Waals surface area contributed by atoms with E-state index in [2.05, 4.69) is 10.7 Å². The summed E-state index contributed by atoms with van der Waals surface area (Å²) in [7, 11) is 0. The lowest BCUT2D eigenvalue weighted by Crippen LogP contribution is -2.15. The Kier molecular flexibility index (Phi) is 4.36. The van der Waals surface area contributed by atoms with E-state index in [9.17, 15) is 14.9 Å². The second-order valence-electron chi connectivity index (χ2n) is 4.10. The van der Waals surface area contributed by atoms with E-state index in [0.29, 0.717) is 16.4 Å². The van der Waals surface area contributed by atoms with Gasteiger partial charge in [0.25, 0.3) is 11.6 Å². The third-order valence-corrected chi connectivity index (χ3v) is 2.92. The molecule has 0 bridgehead atoms. The van der Waals surface area contributed by atoms with Crippen LogP contribution in [0.15, 0.2) is 42.5 Å². The van der Waals surface area contributed by atoms with Gasteiger partial charge in [-0.15, -0.1) is 0 Å². The minimum atomic E-state index is -0.632. The highest BCUT2D eigenvalue weighted by Crippen LogP contribution is 2.24. The maximum absolute atomic E-state index is 12.2. The number of nitrogens with two attached hydrogens (primary N) is 1. The van der Waals surface area contributed by atoms with Crippen molar-refractivity contribution in [2.75, 3.05) is 10.7 Å². The number of hydrazine groups is 1. The first kappa shape index (κ1) is 14.8. The number of halogens is 1. The summed E-state index contributed by atoms with van der Waals surface area (Å²) in [6.45, 7) is 0. The van der Waals surface area contributed by atoms with Gasteiger partial charge in [-0.1, -0.05) is 17.7 Å². The highest BCUT2D eigenvalue weighted by atomic mass is 35.5. The van der Waals surface area contributed by atoms with Crippen molar-refractivity contribution in [2.45, 2.75) is 0 Å². The number of hydrogen-bond donors (Lipinski definition) is 3. The molecule has 1 amide bonds. The van der Waals surface area contributed by atoms with E-state index in [1.807, 2.05) is 0 Å². The van der Waals surface area contributed by atoms with E-state index in [-0.39, 0.29) is 11.3 Å². The van der Waals surface area contributed by atoms with Gasteiger partial charge >= 0.3 is 0 Å². The van der Waals surface area contributed by atoms with Gasteiger partial charge in [0.15, 0.2) is 0 Å². The average molecular weight is 307 g/mol. The largest absolute Gasteiger partial charge is 0.324 e.